The zero-order valence-electron chi connectivity index (χ0n) is 13.9. The fourth-order valence-corrected chi connectivity index (χ4v) is 3.75. The van der Waals surface area contributed by atoms with Crippen molar-refractivity contribution in [1.82, 2.24) is 4.90 Å². The van der Waals surface area contributed by atoms with Crippen LogP contribution in [0.1, 0.15) is 50.6 Å². The van der Waals surface area contributed by atoms with Crippen LogP contribution in [0.4, 0.5) is 0 Å². The van der Waals surface area contributed by atoms with E-state index in [4.69, 9.17) is 4.74 Å². The first-order valence-corrected chi connectivity index (χ1v) is 8.41. The van der Waals surface area contributed by atoms with Gasteiger partial charge in [0.15, 0.2) is 0 Å². The normalized spacial score (nSPS) is 24.1. The number of likely N-dealkylation sites (tertiary alicyclic amines) is 1. The topological polar surface area (TPSA) is 49.8 Å². The zero-order valence-corrected chi connectivity index (χ0v) is 13.9. The van der Waals surface area contributed by atoms with Crippen LogP contribution in [0.15, 0.2) is 35.4 Å². The number of benzene rings is 1. The molecule has 2 fully saturated rings. The van der Waals surface area contributed by atoms with Gasteiger partial charge in [-0.3, -0.25) is 4.79 Å². The van der Waals surface area contributed by atoms with E-state index < -0.39 is 6.10 Å². The number of methoxy groups -OCH3 is 1. The third-order valence-electron chi connectivity index (χ3n) is 5.08. The molecule has 1 heterocycles. The van der Waals surface area contributed by atoms with Gasteiger partial charge < -0.3 is 14.7 Å². The number of carbonyl (C=O) groups is 1. The standard InChI is InChI=1S/C19H25NO3/c1-13(14-6-3-4-7-14)19(22)20-12-16(21)11-18(20)15-8-5-9-17(10-15)23-2/h5,8-10,16,18,21H,3-4,6-7,11-12H2,1-2H3/t16-,18+/m1/s1. The molecule has 2 aliphatic rings. The van der Waals surface area contributed by atoms with E-state index >= 15 is 0 Å². The Morgan fingerprint density at radius 1 is 1.30 bits per heavy atom. The van der Waals surface area contributed by atoms with Crippen molar-refractivity contribution in [3.8, 4) is 5.75 Å². The van der Waals surface area contributed by atoms with E-state index in [1.165, 1.54) is 18.4 Å². The summed E-state index contributed by atoms with van der Waals surface area (Å²) in [5.74, 6) is 0.855. The lowest BCUT2D eigenvalue weighted by Crippen LogP contribution is -2.32. The molecule has 1 amide bonds. The molecule has 1 aliphatic carbocycles. The summed E-state index contributed by atoms with van der Waals surface area (Å²) in [6, 6.07) is 7.71. The average Bonchev–Trinajstić information content (AvgIpc) is 3.23. The number of ether oxygens (including phenoxy) is 1. The molecule has 124 valence electrons. The van der Waals surface area contributed by atoms with Crippen molar-refractivity contribution >= 4 is 5.91 Å². The summed E-state index contributed by atoms with van der Waals surface area (Å²) in [6.07, 6.45) is 4.57. The van der Waals surface area contributed by atoms with Crippen LogP contribution in [0.2, 0.25) is 0 Å². The van der Waals surface area contributed by atoms with Gasteiger partial charge in [0.25, 0.3) is 0 Å². The second kappa shape index (κ2) is 6.75. The third-order valence-corrected chi connectivity index (χ3v) is 5.08. The maximum Gasteiger partial charge on any atom is 0.250 e. The van der Waals surface area contributed by atoms with Gasteiger partial charge in [-0.2, -0.15) is 0 Å². The van der Waals surface area contributed by atoms with E-state index in [0.29, 0.717) is 13.0 Å². The maximum absolute atomic E-state index is 12.9. The lowest BCUT2D eigenvalue weighted by atomic mass is 10.0. The molecule has 0 aromatic heterocycles. The van der Waals surface area contributed by atoms with E-state index in [-0.39, 0.29) is 11.9 Å². The molecular weight excluding hydrogens is 290 g/mol. The van der Waals surface area contributed by atoms with Crippen molar-refractivity contribution in [2.45, 2.75) is 51.2 Å². The van der Waals surface area contributed by atoms with Crippen molar-refractivity contribution in [2.24, 2.45) is 0 Å². The predicted molar refractivity (Wildman–Crippen MR) is 89.2 cm³/mol. The number of rotatable bonds is 3. The minimum absolute atomic E-state index is 0.0752. The molecule has 4 heteroatoms. The number of β-amino-alcohol motifs (C(OH)–C–C–N with tert-alkyl or cyclic N) is 1. The summed E-state index contributed by atoms with van der Waals surface area (Å²) in [7, 11) is 1.64. The van der Waals surface area contributed by atoms with E-state index in [2.05, 4.69) is 0 Å². The molecule has 0 unspecified atom stereocenters. The summed E-state index contributed by atoms with van der Waals surface area (Å²) in [5, 5.41) is 10.1. The molecule has 1 N–H and O–H groups in total. The Kier molecular flexibility index (Phi) is 4.71. The van der Waals surface area contributed by atoms with Crippen LogP contribution < -0.4 is 4.74 Å². The molecule has 0 bridgehead atoms. The summed E-state index contributed by atoms with van der Waals surface area (Å²) < 4.78 is 5.29. The fourth-order valence-electron chi connectivity index (χ4n) is 3.75. The molecule has 1 aromatic carbocycles. The third kappa shape index (κ3) is 3.27. The fraction of sp³-hybridized carbons (Fsp3) is 0.526. The van der Waals surface area contributed by atoms with Gasteiger partial charge in [0.05, 0.1) is 19.3 Å². The van der Waals surface area contributed by atoms with Gasteiger partial charge in [-0.15, -0.1) is 0 Å². The molecular formula is C19H25NO3. The van der Waals surface area contributed by atoms with Crippen LogP contribution in [-0.4, -0.2) is 35.7 Å². The number of hydrogen-bond donors (Lipinski definition) is 1. The first kappa shape index (κ1) is 16.1. The molecule has 0 spiro atoms. The number of aliphatic hydroxyl groups excluding tert-OH is 1. The Labute approximate surface area is 137 Å². The lowest BCUT2D eigenvalue weighted by molar-refractivity contribution is -0.128. The minimum Gasteiger partial charge on any atom is -0.497 e. The van der Waals surface area contributed by atoms with Gasteiger partial charge in [-0.25, -0.2) is 0 Å². The number of aliphatic hydroxyl groups is 1. The van der Waals surface area contributed by atoms with E-state index in [0.717, 1.165) is 29.7 Å². The second-order valence-electron chi connectivity index (χ2n) is 6.58. The SMILES string of the molecule is COc1cccc([C@@H]2C[C@@H](O)CN2C(=O)C(C)=C2CCCC2)c1. The van der Waals surface area contributed by atoms with E-state index in [1.807, 2.05) is 36.1 Å². The first-order chi connectivity index (χ1) is 11.1. The average molecular weight is 315 g/mol. The van der Waals surface area contributed by atoms with Gasteiger partial charge >= 0.3 is 0 Å². The monoisotopic (exact) mass is 315 g/mol. The number of allylic oxidation sites excluding steroid dienone is 1. The van der Waals surface area contributed by atoms with Crippen LogP contribution in [0.3, 0.4) is 0 Å². The summed E-state index contributed by atoms with van der Waals surface area (Å²) in [6.45, 7) is 2.35. The summed E-state index contributed by atoms with van der Waals surface area (Å²) in [4.78, 5) is 14.8. The quantitative estimate of drug-likeness (QED) is 0.871. The second-order valence-corrected chi connectivity index (χ2v) is 6.58. The summed E-state index contributed by atoms with van der Waals surface area (Å²) >= 11 is 0. The molecule has 23 heavy (non-hydrogen) atoms. The lowest BCUT2D eigenvalue weighted by Gasteiger charge is -2.26. The smallest absolute Gasteiger partial charge is 0.250 e. The van der Waals surface area contributed by atoms with Crippen molar-refractivity contribution in [3.63, 3.8) is 0 Å². The van der Waals surface area contributed by atoms with E-state index in [9.17, 15) is 9.90 Å². The highest BCUT2D eigenvalue weighted by atomic mass is 16.5. The van der Waals surface area contributed by atoms with E-state index in [1.54, 1.807) is 7.11 Å². The van der Waals surface area contributed by atoms with Gasteiger partial charge in [0, 0.05) is 12.1 Å². The highest BCUT2D eigenvalue weighted by Gasteiger charge is 2.36. The van der Waals surface area contributed by atoms with Crippen LogP contribution in [0, 0.1) is 0 Å². The highest BCUT2D eigenvalue weighted by molar-refractivity contribution is 5.94. The summed E-state index contributed by atoms with van der Waals surface area (Å²) in [5.41, 5.74) is 3.20. The molecule has 1 aliphatic heterocycles. The van der Waals surface area contributed by atoms with Crippen molar-refractivity contribution in [3.05, 3.63) is 41.0 Å². The molecule has 0 radical (unpaired) electrons. The van der Waals surface area contributed by atoms with Crippen LogP contribution in [0.5, 0.6) is 5.75 Å². The molecule has 2 atom stereocenters. The van der Waals surface area contributed by atoms with Crippen LogP contribution in [-0.2, 0) is 4.79 Å². The Hall–Kier alpha value is -1.81. The maximum atomic E-state index is 12.9. The van der Waals surface area contributed by atoms with Crippen LogP contribution in [0.25, 0.3) is 0 Å². The van der Waals surface area contributed by atoms with Gasteiger partial charge in [0.2, 0.25) is 5.91 Å². The van der Waals surface area contributed by atoms with Crippen molar-refractivity contribution in [1.29, 1.82) is 0 Å². The Morgan fingerprint density at radius 2 is 2.04 bits per heavy atom. The predicted octanol–water partition coefficient (Wildman–Crippen LogP) is 3.22. The number of carbonyl (C=O) groups excluding carboxylic acids is 1. The zero-order chi connectivity index (χ0) is 16.4. The first-order valence-electron chi connectivity index (χ1n) is 8.41. The van der Waals surface area contributed by atoms with Crippen molar-refractivity contribution < 1.29 is 14.6 Å². The minimum atomic E-state index is -0.462. The van der Waals surface area contributed by atoms with Gasteiger partial charge in [-0.05, 0) is 56.7 Å². The highest BCUT2D eigenvalue weighted by Crippen LogP contribution is 2.36. The van der Waals surface area contributed by atoms with Crippen molar-refractivity contribution in [2.75, 3.05) is 13.7 Å². The Morgan fingerprint density at radius 3 is 2.74 bits per heavy atom. The number of hydrogen-bond acceptors (Lipinski definition) is 3. The van der Waals surface area contributed by atoms with Gasteiger partial charge in [-0.1, -0.05) is 17.7 Å². The van der Waals surface area contributed by atoms with Gasteiger partial charge in [0.1, 0.15) is 5.75 Å². The number of nitrogens with zero attached hydrogens (tertiary/aromatic N) is 1. The molecule has 1 saturated carbocycles. The molecule has 1 saturated heterocycles. The Balaban J connectivity index is 1.87. The van der Waals surface area contributed by atoms with Crippen LogP contribution >= 0.6 is 0 Å². The molecule has 1 aromatic rings. The Bertz CT molecular complexity index is 615. The number of amides is 1. The largest absolute Gasteiger partial charge is 0.497 e. The molecule has 4 nitrogen and oxygen atoms in total. The molecule has 3 rings (SSSR count).